The SMILES string of the molecule is C=CCN1C(=O)[C@@H]2Cc3c([nH]c4ccccc34)CN2C1=S. The third-order valence-corrected chi connectivity index (χ3v) is 4.80. The summed E-state index contributed by atoms with van der Waals surface area (Å²) in [4.78, 5) is 19.7. The lowest BCUT2D eigenvalue weighted by atomic mass is 9.97. The number of nitrogens with zero attached hydrogens (tertiary/aromatic N) is 2. The molecule has 2 aliphatic heterocycles. The molecule has 3 heterocycles. The van der Waals surface area contributed by atoms with Gasteiger partial charge in [-0.25, -0.2) is 0 Å². The van der Waals surface area contributed by atoms with Crippen molar-refractivity contribution >= 4 is 34.1 Å². The Bertz CT molecular complexity index is 779. The molecule has 1 aromatic carbocycles. The molecule has 0 aliphatic carbocycles. The van der Waals surface area contributed by atoms with Gasteiger partial charge in [-0.15, -0.1) is 6.58 Å². The molecule has 5 heteroatoms. The second kappa shape index (κ2) is 4.43. The maximum Gasteiger partial charge on any atom is 0.252 e. The van der Waals surface area contributed by atoms with E-state index in [0.29, 0.717) is 24.6 Å². The van der Waals surface area contributed by atoms with E-state index in [-0.39, 0.29) is 11.9 Å². The van der Waals surface area contributed by atoms with Gasteiger partial charge in [0.25, 0.3) is 5.91 Å². The molecule has 0 bridgehead atoms. The Morgan fingerprint density at radius 2 is 2.24 bits per heavy atom. The molecule has 1 atom stereocenters. The Morgan fingerprint density at radius 1 is 1.43 bits per heavy atom. The van der Waals surface area contributed by atoms with Crippen molar-refractivity contribution in [3.05, 3.63) is 48.2 Å². The number of H-pyrrole nitrogens is 1. The van der Waals surface area contributed by atoms with Crippen LogP contribution >= 0.6 is 12.2 Å². The second-order valence-electron chi connectivity index (χ2n) is 5.50. The average molecular weight is 297 g/mol. The number of fused-ring (bicyclic) bond motifs is 4. The fourth-order valence-corrected chi connectivity index (χ4v) is 3.71. The van der Waals surface area contributed by atoms with Crippen molar-refractivity contribution in [3.8, 4) is 0 Å². The summed E-state index contributed by atoms with van der Waals surface area (Å²) < 4.78 is 0. The first-order valence-corrected chi connectivity index (χ1v) is 7.43. The first-order chi connectivity index (χ1) is 10.2. The maximum atomic E-state index is 12.5. The third kappa shape index (κ3) is 1.67. The molecule has 1 amide bonds. The summed E-state index contributed by atoms with van der Waals surface area (Å²) in [6.07, 6.45) is 2.43. The van der Waals surface area contributed by atoms with Gasteiger partial charge in [0, 0.05) is 29.6 Å². The molecule has 2 aromatic rings. The standard InChI is InChI=1S/C16H15N3OS/c1-2-7-18-15(20)14-8-11-10-5-3-4-6-12(10)17-13(11)9-19(14)16(18)21/h2-6,14,17H,1,7-9H2/t14-/m0/s1. The lowest BCUT2D eigenvalue weighted by Gasteiger charge is -2.28. The van der Waals surface area contributed by atoms with Gasteiger partial charge in [0.1, 0.15) is 6.04 Å². The molecule has 0 unspecified atom stereocenters. The summed E-state index contributed by atoms with van der Waals surface area (Å²) in [5.41, 5.74) is 3.55. The fraction of sp³-hybridized carbons (Fsp3) is 0.250. The molecule has 1 fully saturated rings. The Kier molecular flexibility index (Phi) is 2.65. The quantitative estimate of drug-likeness (QED) is 0.682. The van der Waals surface area contributed by atoms with Crippen molar-refractivity contribution in [1.82, 2.24) is 14.8 Å². The predicted octanol–water partition coefficient (Wildman–Crippen LogP) is 2.21. The van der Waals surface area contributed by atoms with E-state index >= 15 is 0 Å². The molecule has 0 spiro atoms. The van der Waals surface area contributed by atoms with Gasteiger partial charge in [-0.1, -0.05) is 24.3 Å². The third-order valence-electron chi connectivity index (χ3n) is 4.34. The van der Waals surface area contributed by atoms with E-state index in [1.165, 1.54) is 16.6 Å². The molecule has 2 aliphatic rings. The zero-order valence-electron chi connectivity index (χ0n) is 11.5. The summed E-state index contributed by atoms with van der Waals surface area (Å²) in [6, 6.07) is 8.08. The van der Waals surface area contributed by atoms with Crippen LogP contribution in [0.4, 0.5) is 0 Å². The maximum absolute atomic E-state index is 12.5. The molecule has 0 radical (unpaired) electrons. The monoisotopic (exact) mass is 297 g/mol. The molecule has 4 rings (SSSR count). The van der Waals surface area contributed by atoms with Crippen LogP contribution in [0, 0.1) is 0 Å². The van der Waals surface area contributed by atoms with Crippen LogP contribution < -0.4 is 0 Å². The van der Waals surface area contributed by atoms with Gasteiger partial charge in [-0.2, -0.15) is 0 Å². The normalized spacial score (nSPS) is 20.9. The Labute approximate surface area is 128 Å². The van der Waals surface area contributed by atoms with Gasteiger partial charge in [-0.05, 0) is 23.8 Å². The van der Waals surface area contributed by atoms with Crippen LogP contribution in [0.15, 0.2) is 36.9 Å². The van der Waals surface area contributed by atoms with Crippen LogP contribution in [-0.4, -0.2) is 38.4 Å². The lowest BCUT2D eigenvalue weighted by Crippen LogP contribution is -2.39. The summed E-state index contributed by atoms with van der Waals surface area (Å²) >= 11 is 5.46. The van der Waals surface area contributed by atoms with Gasteiger partial charge < -0.3 is 9.88 Å². The highest BCUT2D eigenvalue weighted by molar-refractivity contribution is 7.80. The first kappa shape index (κ1) is 12.6. The summed E-state index contributed by atoms with van der Waals surface area (Å²) in [5.74, 6) is 0.0934. The lowest BCUT2D eigenvalue weighted by molar-refractivity contribution is -0.128. The minimum atomic E-state index is -0.163. The number of benzene rings is 1. The van der Waals surface area contributed by atoms with Crippen molar-refractivity contribution in [2.24, 2.45) is 0 Å². The number of nitrogens with one attached hydrogen (secondary N) is 1. The molecule has 21 heavy (non-hydrogen) atoms. The van der Waals surface area contributed by atoms with Gasteiger partial charge >= 0.3 is 0 Å². The van der Waals surface area contributed by atoms with E-state index in [9.17, 15) is 4.79 Å². The Hall–Kier alpha value is -2.14. The fourth-order valence-electron chi connectivity index (χ4n) is 3.36. The van der Waals surface area contributed by atoms with Crippen LogP contribution in [0.25, 0.3) is 10.9 Å². The van der Waals surface area contributed by atoms with E-state index in [0.717, 1.165) is 5.52 Å². The first-order valence-electron chi connectivity index (χ1n) is 7.02. The molecule has 106 valence electrons. The van der Waals surface area contributed by atoms with E-state index < -0.39 is 0 Å². The number of hydrogen-bond acceptors (Lipinski definition) is 2. The zero-order valence-corrected chi connectivity index (χ0v) is 12.3. The van der Waals surface area contributed by atoms with E-state index in [1.807, 2.05) is 17.0 Å². The smallest absolute Gasteiger partial charge is 0.252 e. The number of aromatic amines is 1. The van der Waals surface area contributed by atoms with Crippen LogP contribution in [-0.2, 0) is 17.8 Å². The van der Waals surface area contributed by atoms with Gasteiger partial charge in [0.2, 0.25) is 0 Å². The number of amides is 1. The number of carbonyl (C=O) groups excluding carboxylic acids is 1. The van der Waals surface area contributed by atoms with E-state index in [4.69, 9.17) is 12.2 Å². The molecular formula is C16H15N3OS. The van der Waals surface area contributed by atoms with Crippen molar-refractivity contribution in [1.29, 1.82) is 0 Å². The van der Waals surface area contributed by atoms with Crippen LogP contribution in [0.5, 0.6) is 0 Å². The highest BCUT2D eigenvalue weighted by Gasteiger charge is 2.44. The molecule has 1 aromatic heterocycles. The van der Waals surface area contributed by atoms with Crippen LogP contribution in [0.2, 0.25) is 0 Å². The molecule has 1 N–H and O–H groups in total. The van der Waals surface area contributed by atoms with Crippen LogP contribution in [0.1, 0.15) is 11.3 Å². The van der Waals surface area contributed by atoms with E-state index in [2.05, 4.69) is 23.7 Å². The van der Waals surface area contributed by atoms with Crippen LogP contribution in [0.3, 0.4) is 0 Å². The zero-order chi connectivity index (χ0) is 14.6. The molecule has 1 saturated heterocycles. The summed E-state index contributed by atoms with van der Waals surface area (Å²) in [7, 11) is 0. The average Bonchev–Trinajstić information content (AvgIpc) is 2.97. The molecule has 0 saturated carbocycles. The summed E-state index contributed by atoms with van der Waals surface area (Å²) in [5, 5.41) is 1.84. The van der Waals surface area contributed by atoms with E-state index in [1.54, 1.807) is 11.0 Å². The van der Waals surface area contributed by atoms with Crippen molar-refractivity contribution in [2.45, 2.75) is 19.0 Å². The number of para-hydroxylation sites is 1. The van der Waals surface area contributed by atoms with Gasteiger partial charge in [0.05, 0.1) is 6.54 Å². The van der Waals surface area contributed by atoms with Gasteiger partial charge in [0.15, 0.2) is 5.11 Å². The highest BCUT2D eigenvalue weighted by atomic mass is 32.1. The minimum absolute atomic E-state index is 0.0934. The number of rotatable bonds is 2. The largest absolute Gasteiger partial charge is 0.357 e. The Balaban J connectivity index is 1.77. The topological polar surface area (TPSA) is 39.3 Å². The second-order valence-corrected chi connectivity index (χ2v) is 5.86. The molecular weight excluding hydrogens is 282 g/mol. The number of thiocarbonyl (C=S) groups is 1. The van der Waals surface area contributed by atoms with Crippen molar-refractivity contribution in [2.75, 3.05) is 6.54 Å². The predicted molar refractivity (Wildman–Crippen MR) is 85.8 cm³/mol. The number of carbonyl (C=O) groups is 1. The minimum Gasteiger partial charge on any atom is -0.357 e. The highest BCUT2D eigenvalue weighted by Crippen LogP contribution is 2.34. The number of aromatic nitrogens is 1. The van der Waals surface area contributed by atoms with Gasteiger partial charge in [-0.3, -0.25) is 9.69 Å². The molecule has 4 nitrogen and oxygen atoms in total. The number of hydrogen-bond donors (Lipinski definition) is 1. The Morgan fingerprint density at radius 3 is 3.05 bits per heavy atom. The van der Waals surface area contributed by atoms with Crippen molar-refractivity contribution in [3.63, 3.8) is 0 Å². The van der Waals surface area contributed by atoms with Crippen molar-refractivity contribution < 1.29 is 4.79 Å². The summed E-state index contributed by atoms with van der Waals surface area (Å²) in [6.45, 7) is 4.86.